The van der Waals surface area contributed by atoms with E-state index in [1.54, 1.807) is 18.6 Å². The fraction of sp³-hybridized carbons (Fsp3) is 0.524. The van der Waals surface area contributed by atoms with Crippen molar-refractivity contribution in [1.29, 1.82) is 0 Å². The van der Waals surface area contributed by atoms with Crippen molar-refractivity contribution in [3.8, 4) is 5.75 Å². The maximum absolute atomic E-state index is 12.5. The highest BCUT2D eigenvalue weighted by Gasteiger charge is 2.24. The van der Waals surface area contributed by atoms with E-state index >= 15 is 0 Å². The first-order valence-corrected chi connectivity index (χ1v) is 12.1. The van der Waals surface area contributed by atoms with Crippen LogP contribution in [0.2, 0.25) is 0 Å². The molecule has 0 radical (unpaired) electrons. The number of rotatable bonds is 5. The van der Waals surface area contributed by atoms with E-state index in [4.69, 9.17) is 4.74 Å². The first kappa shape index (κ1) is 20.1. The quantitative estimate of drug-likeness (QED) is 0.748. The highest BCUT2D eigenvalue weighted by Crippen LogP contribution is 2.31. The molecule has 0 spiro atoms. The van der Waals surface area contributed by atoms with E-state index in [2.05, 4.69) is 49.3 Å². The Bertz CT molecular complexity index is 977. The number of fused-ring (bicyclic) bond motifs is 1. The minimum atomic E-state index is -2.40. The van der Waals surface area contributed by atoms with E-state index in [-0.39, 0.29) is 0 Å². The average molecular weight is 416 g/mol. The largest absolute Gasteiger partial charge is 0.493 e. The van der Waals surface area contributed by atoms with Crippen LogP contribution in [0.15, 0.2) is 39.9 Å². The number of aromatic nitrogens is 2. The molecule has 1 fully saturated rings. The van der Waals surface area contributed by atoms with Crippen molar-refractivity contribution in [2.75, 3.05) is 50.5 Å². The summed E-state index contributed by atoms with van der Waals surface area (Å²) in [6.07, 6.45) is 5.97. The number of benzene rings is 1. The zero-order valence-electron chi connectivity index (χ0n) is 17.4. The van der Waals surface area contributed by atoms with E-state index in [1.165, 1.54) is 11.1 Å². The van der Waals surface area contributed by atoms with Gasteiger partial charge in [0.15, 0.2) is 0 Å². The predicted octanol–water partition coefficient (Wildman–Crippen LogP) is 2.77. The molecule has 0 aliphatic carbocycles. The highest BCUT2D eigenvalue weighted by molar-refractivity contribution is 7.93. The van der Waals surface area contributed by atoms with Crippen LogP contribution in [-0.4, -0.2) is 64.7 Å². The van der Waals surface area contributed by atoms with Crippen LogP contribution in [0.5, 0.6) is 5.75 Å². The molecule has 0 amide bonds. The molecule has 7 nitrogen and oxygen atoms in total. The van der Waals surface area contributed by atoms with Gasteiger partial charge in [0.1, 0.15) is 5.75 Å². The molecular formula is C21H29N5O2S. The molecule has 3 heterocycles. The molecule has 2 aliphatic heterocycles. The van der Waals surface area contributed by atoms with Gasteiger partial charge in [0.25, 0.3) is 0 Å². The molecule has 2 atom stereocenters. The summed E-state index contributed by atoms with van der Waals surface area (Å²) < 4.78 is 22.4. The molecule has 1 aromatic carbocycles. The molecule has 1 aromatic heterocycles. The molecule has 29 heavy (non-hydrogen) atoms. The van der Waals surface area contributed by atoms with Gasteiger partial charge in [-0.2, -0.15) is 0 Å². The Morgan fingerprint density at radius 3 is 2.62 bits per heavy atom. The third kappa shape index (κ3) is 4.23. The van der Waals surface area contributed by atoms with Crippen LogP contribution >= 0.6 is 0 Å². The Labute approximate surface area is 173 Å². The molecule has 1 saturated heterocycles. The summed E-state index contributed by atoms with van der Waals surface area (Å²) in [5, 5.41) is 0. The van der Waals surface area contributed by atoms with Gasteiger partial charge in [-0.25, -0.2) is 18.5 Å². The molecule has 0 saturated carbocycles. The van der Waals surface area contributed by atoms with Gasteiger partial charge in [-0.05, 0) is 31.0 Å². The normalized spacial score (nSPS) is 19.9. The van der Waals surface area contributed by atoms with Gasteiger partial charge in [0.05, 0.1) is 21.2 Å². The Hall–Kier alpha value is -2.19. The molecular weight excluding hydrogens is 386 g/mol. The third-order valence-electron chi connectivity index (χ3n) is 5.77. The van der Waals surface area contributed by atoms with Gasteiger partial charge in [-0.15, -0.1) is 0 Å². The first-order chi connectivity index (χ1) is 14.0. The zero-order chi connectivity index (χ0) is 20.4. The van der Waals surface area contributed by atoms with Crippen LogP contribution in [-0.2, 0) is 16.1 Å². The summed E-state index contributed by atoms with van der Waals surface area (Å²) >= 11 is 0. The molecule has 156 valence electrons. The Kier molecular flexibility index (Phi) is 5.74. The number of hydrogen-bond acceptors (Lipinski definition) is 7. The predicted molar refractivity (Wildman–Crippen MR) is 115 cm³/mol. The lowest BCUT2D eigenvalue weighted by atomic mass is 10.0. The van der Waals surface area contributed by atoms with Gasteiger partial charge >= 0.3 is 0 Å². The van der Waals surface area contributed by atoms with Crippen molar-refractivity contribution in [1.82, 2.24) is 14.9 Å². The number of piperazine rings is 1. The van der Waals surface area contributed by atoms with Gasteiger partial charge in [-0.1, -0.05) is 12.1 Å². The summed E-state index contributed by atoms with van der Waals surface area (Å²) in [7, 11) is -2.40. The Morgan fingerprint density at radius 2 is 1.93 bits per heavy atom. The summed E-state index contributed by atoms with van der Waals surface area (Å²) in [6.45, 7) is 9.08. The van der Waals surface area contributed by atoms with E-state index in [0.717, 1.165) is 45.0 Å². The molecule has 0 N–H and O–H groups in total. The summed E-state index contributed by atoms with van der Waals surface area (Å²) in [4.78, 5) is 14.2. The van der Waals surface area contributed by atoms with Gasteiger partial charge < -0.3 is 9.64 Å². The summed E-state index contributed by atoms with van der Waals surface area (Å²) in [6, 6.07) is 6.98. The highest BCUT2D eigenvalue weighted by atomic mass is 32.2. The fourth-order valence-corrected chi connectivity index (χ4v) is 5.09. The Morgan fingerprint density at radius 1 is 1.21 bits per heavy atom. The van der Waals surface area contributed by atoms with Crippen molar-refractivity contribution < 1.29 is 8.95 Å². The van der Waals surface area contributed by atoms with Crippen molar-refractivity contribution in [3.63, 3.8) is 0 Å². The van der Waals surface area contributed by atoms with Crippen LogP contribution < -0.4 is 9.64 Å². The summed E-state index contributed by atoms with van der Waals surface area (Å²) in [5.41, 5.74) is 2.62. The monoisotopic (exact) mass is 415 g/mol. The van der Waals surface area contributed by atoms with Gasteiger partial charge in [0, 0.05) is 63.8 Å². The number of anilines is 1. The third-order valence-corrected chi connectivity index (χ3v) is 7.61. The van der Waals surface area contributed by atoms with E-state index in [0.29, 0.717) is 23.4 Å². The molecule has 8 heteroatoms. The molecule has 0 unspecified atom stereocenters. The Balaban J connectivity index is 1.39. The lowest BCUT2D eigenvalue weighted by molar-refractivity contribution is 0.197. The minimum absolute atomic E-state index is 0.343. The van der Waals surface area contributed by atoms with Crippen molar-refractivity contribution >= 4 is 15.7 Å². The van der Waals surface area contributed by atoms with E-state index < -0.39 is 9.73 Å². The number of hydrogen-bond donors (Lipinski definition) is 0. The number of ether oxygens (including phenoxy) is 1. The second kappa shape index (κ2) is 8.28. The van der Waals surface area contributed by atoms with Crippen LogP contribution in [0.25, 0.3) is 0 Å². The molecule has 4 rings (SSSR count). The SMILES string of the molecule is CCN=[S@@](C)(=O)c1cnc(N2CCN([C@H](C)c3ccc4c(c3)OCC4)CC2)nc1. The van der Waals surface area contributed by atoms with Crippen molar-refractivity contribution in [2.45, 2.75) is 31.2 Å². The maximum Gasteiger partial charge on any atom is 0.225 e. The fourth-order valence-electron chi connectivity index (χ4n) is 3.95. The average Bonchev–Trinajstić information content (AvgIpc) is 3.21. The molecule has 2 aliphatic rings. The van der Waals surface area contributed by atoms with Crippen molar-refractivity contribution in [3.05, 3.63) is 41.7 Å². The van der Waals surface area contributed by atoms with Crippen LogP contribution in [0.3, 0.4) is 0 Å². The van der Waals surface area contributed by atoms with Crippen LogP contribution in [0, 0.1) is 0 Å². The van der Waals surface area contributed by atoms with Gasteiger partial charge in [-0.3, -0.25) is 4.90 Å². The van der Waals surface area contributed by atoms with Crippen LogP contribution in [0.1, 0.15) is 31.0 Å². The smallest absolute Gasteiger partial charge is 0.225 e. The van der Waals surface area contributed by atoms with Gasteiger partial charge in [0.2, 0.25) is 5.95 Å². The molecule has 2 aromatic rings. The minimum Gasteiger partial charge on any atom is -0.493 e. The lowest BCUT2D eigenvalue weighted by Gasteiger charge is -2.38. The zero-order valence-corrected chi connectivity index (χ0v) is 18.2. The maximum atomic E-state index is 12.5. The van der Waals surface area contributed by atoms with Crippen LogP contribution in [0.4, 0.5) is 5.95 Å². The standard InChI is InChI=1S/C21H29N5O2S/c1-4-24-29(3,27)19-14-22-21(23-15-19)26-10-8-25(9-11-26)16(2)18-6-5-17-7-12-28-20(17)13-18/h5-6,13-16H,4,7-12H2,1-3H3/t16-,29+/m1/s1. The second-order valence-electron chi connectivity index (χ2n) is 7.63. The van der Waals surface area contributed by atoms with E-state index in [1.807, 2.05) is 6.92 Å². The first-order valence-electron chi connectivity index (χ1n) is 10.2. The van der Waals surface area contributed by atoms with E-state index in [9.17, 15) is 4.21 Å². The molecule has 0 bridgehead atoms. The topological polar surface area (TPSA) is 70.9 Å². The lowest BCUT2D eigenvalue weighted by Crippen LogP contribution is -2.47. The second-order valence-corrected chi connectivity index (χ2v) is 9.97. The number of nitrogens with zero attached hydrogens (tertiary/aromatic N) is 5. The van der Waals surface area contributed by atoms with Crippen molar-refractivity contribution in [2.24, 2.45) is 4.36 Å². The summed E-state index contributed by atoms with van der Waals surface area (Å²) in [5.74, 6) is 1.74.